The van der Waals surface area contributed by atoms with E-state index in [1.165, 1.54) is 12.1 Å². The lowest BCUT2D eigenvalue weighted by atomic mass is 10.2. The predicted octanol–water partition coefficient (Wildman–Crippen LogP) is 4.06. The maximum absolute atomic E-state index is 13.4. The number of halogens is 2. The Balaban J connectivity index is 2.29. The van der Waals surface area contributed by atoms with Crippen LogP contribution in [-0.4, -0.2) is 6.29 Å². The van der Waals surface area contributed by atoms with Gasteiger partial charge in [-0.05, 0) is 46.3 Å². The molecule has 0 N–H and O–H groups in total. The minimum absolute atomic E-state index is 0.0391. The van der Waals surface area contributed by atoms with Gasteiger partial charge in [-0.1, -0.05) is 0 Å². The van der Waals surface area contributed by atoms with Crippen molar-refractivity contribution in [2.75, 3.05) is 0 Å². The second-order valence-corrected chi connectivity index (χ2v) is 4.52. The van der Waals surface area contributed by atoms with E-state index in [-0.39, 0.29) is 11.3 Å². The van der Waals surface area contributed by atoms with Gasteiger partial charge < -0.3 is 4.74 Å². The highest BCUT2D eigenvalue weighted by molar-refractivity contribution is 9.10. The second-order valence-electron chi connectivity index (χ2n) is 3.66. The van der Waals surface area contributed by atoms with E-state index in [1.54, 1.807) is 24.3 Å². The number of carbonyl (C=O) groups excluding carboxylic acids is 1. The van der Waals surface area contributed by atoms with Gasteiger partial charge in [0.25, 0.3) is 0 Å². The summed E-state index contributed by atoms with van der Waals surface area (Å²) in [6.07, 6.45) is 0.718. The Bertz CT molecular complexity index is 680. The van der Waals surface area contributed by atoms with E-state index < -0.39 is 5.82 Å². The molecule has 0 heterocycles. The first kappa shape index (κ1) is 13.2. The van der Waals surface area contributed by atoms with Gasteiger partial charge in [-0.3, -0.25) is 4.79 Å². The number of carbonyl (C=O) groups is 1. The van der Waals surface area contributed by atoms with Crippen LogP contribution in [0.2, 0.25) is 0 Å². The number of aldehydes is 1. The first-order valence-electron chi connectivity index (χ1n) is 5.26. The van der Waals surface area contributed by atoms with Crippen LogP contribution in [0.4, 0.5) is 4.39 Å². The Kier molecular flexibility index (Phi) is 3.93. The number of nitriles is 1. The molecule has 0 atom stereocenters. The fraction of sp³-hybridized carbons (Fsp3) is 0. The molecule has 0 spiro atoms. The molecule has 19 heavy (non-hydrogen) atoms. The van der Waals surface area contributed by atoms with Crippen LogP contribution in [0.1, 0.15) is 15.9 Å². The molecule has 0 radical (unpaired) electrons. The fourth-order valence-corrected chi connectivity index (χ4v) is 1.93. The van der Waals surface area contributed by atoms with E-state index in [0.717, 1.165) is 12.4 Å². The molecular weight excluding hydrogens is 313 g/mol. The Morgan fingerprint density at radius 3 is 2.63 bits per heavy atom. The molecule has 0 amide bonds. The molecule has 0 aliphatic carbocycles. The molecule has 94 valence electrons. The van der Waals surface area contributed by atoms with Crippen LogP contribution in [0.25, 0.3) is 0 Å². The van der Waals surface area contributed by atoms with Crippen molar-refractivity contribution in [2.45, 2.75) is 0 Å². The number of hydrogen-bond donors (Lipinski definition) is 0. The predicted molar refractivity (Wildman–Crippen MR) is 70.7 cm³/mol. The van der Waals surface area contributed by atoms with Gasteiger partial charge in [-0.2, -0.15) is 5.26 Å². The summed E-state index contributed by atoms with van der Waals surface area (Å²) < 4.78 is 19.5. The first-order chi connectivity index (χ1) is 9.13. The number of ether oxygens (including phenoxy) is 1. The third-order valence-corrected chi connectivity index (χ3v) is 3.00. The molecule has 0 saturated heterocycles. The summed E-state index contributed by atoms with van der Waals surface area (Å²) in [7, 11) is 0. The van der Waals surface area contributed by atoms with Crippen LogP contribution >= 0.6 is 15.9 Å². The fourth-order valence-electron chi connectivity index (χ4n) is 1.45. The highest BCUT2D eigenvalue weighted by atomic mass is 79.9. The molecule has 0 bridgehead atoms. The van der Waals surface area contributed by atoms with Crippen molar-refractivity contribution < 1.29 is 13.9 Å². The standard InChI is InChI=1S/C14H7BrFNO2/c15-12-5-9(8-18)1-4-14(12)19-11-3-2-10(7-17)13(16)6-11/h1-6,8H. The topological polar surface area (TPSA) is 50.1 Å². The minimum Gasteiger partial charge on any atom is -0.456 e. The molecule has 0 aliphatic heterocycles. The van der Waals surface area contributed by atoms with Gasteiger partial charge >= 0.3 is 0 Å². The summed E-state index contributed by atoms with van der Waals surface area (Å²) in [4.78, 5) is 10.6. The van der Waals surface area contributed by atoms with Crippen LogP contribution in [0, 0.1) is 17.1 Å². The zero-order valence-electron chi connectivity index (χ0n) is 9.56. The van der Waals surface area contributed by atoms with Crippen molar-refractivity contribution in [3.8, 4) is 17.6 Å². The van der Waals surface area contributed by atoms with Gasteiger partial charge in [0.2, 0.25) is 0 Å². The van der Waals surface area contributed by atoms with Crippen molar-refractivity contribution in [3.63, 3.8) is 0 Å². The number of rotatable bonds is 3. The Morgan fingerprint density at radius 2 is 2.05 bits per heavy atom. The van der Waals surface area contributed by atoms with Gasteiger partial charge in [0.05, 0.1) is 10.0 Å². The summed E-state index contributed by atoms with van der Waals surface area (Å²) in [5.74, 6) is 0.0893. The Hall–Kier alpha value is -2.19. The van der Waals surface area contributed by atoms with Gasteiger partial charge in [0.1, 0.15) is 29.7 Å². The average molecular weight is 320 g/mol. The van der Waals surface area contributed by atoms with Gasteiger partial charge in [-0.15, -0.1) is 0 Å². The highest BCUT2D eigenvalue weighted by Gasteiger charge is 2.07. The normalized spacial score (nSPS) is 9.74. The van der Waals surface area contributed by atoms with Crippen molar-refractivity contribution in [3.05, 3.63) is 57.8 Å². The van der Waals surface area contributed by atoms with Crippen LogP contribution in [0.3, 0.4) is 0 Å². The van der Waals surface area contributed by atoms with Gasteiger partial charge in [0.15, 0.2) is 0 Å². The summed E-state index contributed by atoms with van der Waals surface area (Å²) in [6, 6.07) is 10.5. The van der Waals surface area contributed by atoms with Crippen LogP contribution < -0.4 is 4.74 Å². The van der Waals surface area contributed by atoms with E-state index >= 15 is 0 Å². The summed E-state index contributed by atoms with van der Waals surface area (Å²) in [6.45, 7) is 0. The maximum Gasteiger partial charge on any atom is 0.150 e. The SMILES string of the molecule is N#Cc1ccc(Oc2ccc(C=O)cc2Br)cc1F. The van der Waals surface area contributed by atoms with E-state index in [0.29, 0.717) is 15.8 Å². The second kappa shape index (κ2) is 5.63. The zero-order chi connectivity index (χ0) is 13.8. The molecule has 3 nitrogen and oxygen atoms in total. The molecule has 5 heteroatoms. The number of nitrogens with zero attached hydrogens (tertiary/aromatic N) is 1. The van der Waals surface area contributed by atoms with Crippen molar-refractivity contribution in [2.24, 2.45) is 0 Å². The third kappa shape index (κ3) is 2.98. The summed E-state index contributed by atoms with van der Waals surface area (Å²) >= 11 is 3.26. The molecule has 2 aromatic carbocycles. The van der Waals surface area contributed by atoms with Crippen molar-refractivity contribution in [1.29, 1.82) is 5.26 Å². The van der Waals surface area contributed by atoms with E-state index in [9.17, 15) is 9.18 Å². The zero-order valence-corrected chi connectivity index (χ0v) is 11.1. The van der Waals surface area contributed by atoms with Crippen molar-refractivity contribution >= 4 is 22.2 Å². The van der Waals surface area contributed by atoms with Crippen LogP contribution in [0.15, 0.2) is 40.9 Å². The first-order valence-corrected chi connectivity index (χ1v) is 6.05. The highest BCUT2D eigenvalue weighted by Crippen LogP contribution is 2.30. The number of hydrogen-bond acceptors (Lipinski definition) is 3. The monoisotopic (exact) mass is 319 g/mol. The molecule has 0 aromatic heterocycles. The van der Waals surface area contributed by atoms with E-state index in [1.807, 2.05) is 0 Å². The summed E-state index contributed by atoms with van der Waals surface area (Å²) in [5, 5.41) is 8.63. The van der Waals surface area contributed by atoms with Crippen molar-refractivity contribution in [1.82, 2.24) is 0 Å². The molecule has 2 aromatic rings. The molecule has 2 rings (SSSR count). The third-order valence-electron chi connectivity index (χ3n) is 2.38. The number of benzene rings is 2. The minimum atomic E-state index is -0.638. The maximum atomic E-state index is 13.4. The quantitative estimate of drug-likeness (QED) is 0.801. The van der Waals surface area contributed by atoms with Gasteiger partial charge in [-0.25, -0.2) is 4.39 Å². The largest absolute Gasteiger partial charge is 0.456 e. The smallest absolute Gasteiger partial charge is 0.150 e. The lowest BCUT2D eigenvalue weighted by Crippen LogP contribution is -1.90. The average Bonchev–Trinajstić information content (AvgIpc) is 2.41. The van der Waals surface area contributed by atoms with E-state index in [2.05, 4.69) is 15.9 Å². The lowest BCUT2D eigenvalue weighted by Gasteiger charge is -2.08. The molecule has 0 saturated carbocycles. The molecular formula is C14H7BrFNO2. The van der Waals surface area contributed by atoms with Crippen LogP contribution in [0.5, 0.6) is 11.5 Å². The molecule has 0 unspecified atom stereocenters. The van der Waals surface area contributed by atoms with Gasteiger partial charge in [0, 0.05) is 11.6 Å². The summed E-state index contributed by atoms with van der Waals surface area (Å²) in [5.41, 5.74) is 0.466. The molecule has 0 fully saturated rings. The Morgan fingerprint density at radius 1 is 1.26 bits per heavy atom. The van der Waals surface area contributed by atoms with Crippen LogP contribution in [-0.2, 0) is 0 Å². The lowest BCUT2D eigenvalue weighted by molar-refractivity contribution is 0.112. The van der Waals surface area contributed by atoms with E-state index in [4.69, 9.17) is 10.00 Å². The Labute approximate surface area is 117 Å². The molecule has 0 aliphatic rings.